The topological polar surface area (TPSA) is 144 Å². The molecule has 0 aromatic heterocycles. The first-order valence-electron chi connectivity index (χ1n) is 10.4. The minimum atomic E-state index is -3.67. The van der Waals surface area contributed by atoms with Gasteiger partial charge in [-0.2, -0.15) is 4.31 Å². The molecule has 0 amide bonds. The highest BCUT2D eigenvalue weighted by atomic mass is 32.2. The molecule has 0 saturated carbocycles. The Bertz CT molecular complexity index is 818. The minimum Gasteiger partial charge on any atom is -0.480 e. The summed E-state index contributed by atoms with van der Waals surface area (Å²) in [4.78, 5) is 13.7. The van der Waals surface area contributed by atoms with E-state index in [0.29, 0.717) is 52.0 Å². The Kier molecular flexibility index (Phi) is 9.40. The smallest absolute Gasteiger partial charge is 0.451 e. The highest BCUT2D eigenvalue weighted by Crippen LogP contribution is 2.21. The Morgan fingerprint density at radius 1 is 1.06 bits per heavy atom. The van der Waals surface area contributed by atoms with E-state index in [9.17, 15) is 22.7 Å². The van der Waals surface area contributed by atoms with Crippen LogP contribution >= 0.6 is 0 Å². The molecule has 1 atom stereocenters. The molecule has 1 aliphatic rings. The van der Waals surface area contributed by atoms with Gasteiger partial charge >= 0.3 is 13.1 Å². The molecule has 0 spiro atoms. The van der Waals surface area contributed by atoms with Crippen LogP contribution in [0.15, 0.2) is 29.2 Å². The zero-order valence-electron chi connectivity index (χ0n) is 17.5. The quantitative estimate of drug-likeness (QED) is 0.259. The van der Waals surface area contributed by atoms with E-state index in [-0.39, 0.29) is 24.1 Å². The lowest BCUT2D eigenvalue weighted by molar-refractivity contribution is -0.144. The van der Waals surface area contributed by atoms with Crippen molar-refractivity contribution in [3.05, 3.63) is 30.1 Å². The highest BCUT2D eigenvalue weighted by molar-refractivity contribution is 7.89. The van der Waals surface area contributed by atoms with Crippen LogP contribution in [0, 0.1) is 5.82 Å². The Hall–Kier alpha value is -1.57. The maximum atomic E-state index is 13.1. The van der Waals surface area contributed by atoms with Crippen LogP contribution in [0.4, 0.5) is 4.39 Å². The standard InChI is InChI=1S/C19H31BFN3O6S/c21-16-4-6-17(7-5-16)31(29,30)24-14-12-23(13-15-24)11-3-9-19(22,18(25)26)8-1-2-10-20(27)28/h4-7,27-28H,1-3,8-15,22H2,(H,25,26). The van der Waals surface area contributed by atoms with Crippen LogP contribution in [0.2, 0.25) is 6.32 Å². The predicted octanol–water partition coefficient (Wildman–Crippen LogP) is 0.337. The van der Waals surface area contributed by atoms with Gasteiger partial charge < -0.3 is 25.8 Å². The van der Waals surface area contributed by atoms with Crippen molar-refractivity contribution in [1.29, 1.82) is 0 Å². The van der Waals surface area contributed by atoms with Crippen LogP contribution in [0.5, 0.6) is 0 Å². The van der Waals surface area contributed by atoms with Crippen LogP contribution in [0.1, 0.15) is 32.1 Å². The SMILES string of the molecule is NC(CCCCB(O)O)(CCCN1CCN(S(=O)(=O)c2ccc(F)cc2)CC1)C(=O)O. The number of hydrogen-bond acceptors (Lipinski definition) is 7. The summed E-state index contributed by atoms with van der Waals surface area (Å²) in [6.07, 6.45) is 2.22. The van der Waals surface area contributed by atoms with Gasteiger partial charge in [0.15, 0.2) is 0 Å². The number of halogens is 1. The first-order valence-corrected chi connectivity index (χ1v) is 11.8. The maximum Gasteiger partial charge on any atom is 0.451 e. The molecule has 0 aliphatic carbocycles. The van der Waals surface area contributed by atoms with E-state index < -0.39 is 34.5 Å². The third-order valence-corrected chi connectivity index (χ3v) is 7.55. The van der Waals surface area contributed by atoms with Crippen LogP contribution in [0.25, 0.3) is 0 Å². The molecule has 1 aromatic carbocycles. The molecule has 1 fully saturated rings. The molecule has 174 valence electrons. The van der Waals surface area contributed by atoms with Gasteiger partial charge in [0.05, 0.1) is 4.90 Å². The second-order valence-electron chi connectivity index (χ2n) is 7.99. The molecule has 1 unspecified atom stereocenters. The molecule has 1 heterocycles. The zero-order valence-corrected chi connectivity index (χ0v) is 18.3. The van der Waals surface area contributed by atoms with Crippen molar-refractivity contribution in [2.45, 2.75) is 48.9 Å². The number of carboxylic acid groups (broad SMARTS) is 1. The third-order valence-electron chi connectivity index (χ3n) is 5.64. The number of carbonyl (C=O) groups is 1. The van der Waals surface area contributed by atoms with Crippen molar-refractivity contribution in [3.8, 4) is 0 Å². The molecule has 5 N–H and O–H groups in total. The average molecular weight is 459 g/mol. The van der Waals surface area contributed by atoms with Gasteiger partial charge in [0.2, 0.25) is 10.0 Å². The summed E-state index contributed by atoms with van der Waals surface area (Å²) < 4.78 is 39.8. The van der Waals surface area contributed by atoms with E-state index in [2.05, 4.69) is 4.90 Å². The maximum absolute atomic E-state index is 13.1. The van der Waals surface area contributed by atoms with E-state index in [1.54, 1.807) is 0 Å². The summed E-state index contributed by atoms with van der Waals surface area (Å²) in [6.45, 7) is 2.23. The van der Waals surface area contributed by atoms with Crippen LogP contribution in [-0.4, -0.2) is 84.1 Å². The summed E-state index contributed by atoms with van der Waals surface area (Å²) in [5.74, 6) is -1.57. The molecule has 0 radical (unpaired) electrons. The van der Waals surface area contributed by atoms with Crippen molar-refractivity contribution in [1.82, 2.24) is 9.21 Å². The second kappa shape index (κ2) is 11.3. The highest BCUT2D eigenvalue weighted by Gasteiger charge is 2.33. The molecule has 1 saturated heterocycles. The van der Waals surface area contributed by atoms with Crippen molar-refractivity contribution >= 4 is 23.1 Å². The Morgan fingerprint density at radius 3 is 2.19 bits per heavy atom. The van der Waals surface area contributed by atoms with Gasteiger partial charge in [-0.1, -0.05) is 12.8 Å². The summed E-state index contributed by atoms with van der Waals surface area (Å²) in [7, 11) is -5.07. The van der Waals surface area contributed by atoms with Gasteiger partial charge in [0, 0.05) is 26.2 Å². The molecular weight excluding hydrogens is 428 g/mol. The Labute approximate surface area is 182 Å². The lowest BCUT2D eigenvalue weighted by Crippen LogP contribution is -2.50. The number of nitrogens with two attached hydrogens (primary N) is 1. The lowest BCUT2D eigenvalue weighted by Gasteiger charge is -2.34. The summed E-state index contributed by atoms with van der Waals surface area (Å²) in [5.41, 5.74) is 4.70. The Balaban J connectivity index is 1.79. The number of aliphatic carboxylic acids is 1. The number of piperazine rings is 1. The number of sulfonamides is 1. The lowest BCUT2D eigenvalue weighted by atomic mass is 9.81. The van der Waals surface area contributed by atoms with Gasteiger partial charge in [-0.15, -0.1) is 0 Å². The third kappa shape index (κ3) is 7.51. The molecule has 9 nitrogen and oxygen atoms in total. The van der Waals surface area contributed by atoms with E-state index >= 15 is 0 Å². The number of unbranched alkanes of at least 4 members (excludes halogenated alkanes) is 1. The number of carboxylic acids is 1. The summed E-state index contributed by atoms with van der Waals surface area (Å²) in [5, 5.41) is 27.2. The summed E-state index contributed by atoms with van der Waals surface area (Å²) >= 11 is 0. The molecule has 1 aromatic rings. The normalized spacial score (nSPS) is 17.9. The fraction of sp³-hybridized carbons (Fsp3) is 0.632. The van der Waals surface area contributed by atoms with E-state index in [1.165, 1.54) is 16.4 Å². The van der Waals surface area contributed by atoms with Gasteiger partial charge in [-0.3, -0.25) is 4.79 Å². The molecule has 31 heavy (non-hydrogen) atoms. The van der Waals surface area contributed by atoms with Crippen LogP contribution in [0.3, 0.4) is 0 Å². The first-order chi connectivity index (χ1) is 14.5. The fourth-order valence-electron chi connectivity index (χ4n) is 3.67. The average Bonchev–Trinajstić information content (AvgIpc) is 2.72. The first kappa shape index (κ1) is 25.7. The fourth-order valence-corrected chi connectivity index (χ4v) is 5.10. The predicted molar refractivity (Wildman–Crippen MR) is 114 cm³/mol. The number of hydrogen-bond donors (Lipinski definition) is 4. The monoisotopic (exact) mass is 459 g/mol. The zero-order chi connectivity index (χ0) is 23.1. The van der Waals surface area contributed by atoms with E-state index in [4.69, 9.17) is 15.8 Å². The number of benzene rings is 1. The van der Waals surface area contributed by atoms with Crippen LogP contribution < -0.4 is 5.73 Å². The minimum absolute atomic E-state index is 0.0606. The van der Waals surface area contributed by atoms with Crippen molar-refractivity contribution in [2.24, 2.45) is 5.73 Å². The molecule has 2 rings (SSSR count). The molecule has 12 heteroatoms. The van der Waals surface area contributed by atoms with E-state index in [1.807, 2.05) is 0 Å². The number of nitrogens with zero attached hydrogens (tertiary/aromatic N) is 2. The second-order valence-corrected chi connectivity index (χ2v) is 9.93. The van der Waals surface area contributed by atoms with Gasteiger partial charge in [-0.05, 0) is 56.4 Å². The van der Waals surface area contributed by atoms with Crippen LogP contribution in [-0.2, 0) is 14.8 Å². The van der Waals surface area contributed by atoms with Gasteiger partial charge in [0.1, 0.15) is 11.4 Å². The van der Waals surface area contributed by atoms with Gasteiger partial charge in [-0.25, -0.2) is 12.8 Å². The van der Waals surface area contributed by atoms with Crippen molar-refractivity contribution in [2.75, 3.05) is 32.7 Å². The summed E-state index contributed by atoms with van der Waals surface area (Å²) in [6, 6.07) is 4.75. The van der Waals surface area contributed by atoms with Gasteiger partial charge in [0.25, 0.3) is 0 Å². The van der Waals surface area contributed by atoms with E-state index in [0.717, 1.165) is 12.1 Å². The molecular formula is C19H31BFN3O6S. The van der Waals surface area contributed by atoms with Crippen molar-refractivity contribution < 1.29 is 32.8 Å². The van der Waals surface area contributed by atoms with Crippen molar-refractivity contribution in [3.63, 3.8) is 0 Å². The molecule has 0 bridgehead atoms. The number of rotatable bonds is 12. The Morgan fingerprint density at radius 2 is 1.65 bits per heavy atom. The largest absolute Gasteiger partial charge is 0.480 e. The molecule has 1 aliphatic heterocycles.